The van der Waals surface area contributed by atoms with Gasteiger partial charge < -0.3 is 5.73 Å². The van der Waals surface area contributed by atoms with Crippen LogP contribution >= 0.6 is 0 Å². The van der Waals surface area contributed by atoms with Gasteiger partial charge in [0.15, 0.2) is 0 Å². The largest absolute Gasteiger partial charge is 0.387 e. The Hall–Kier alpha value is -0.530. The second kappa shape index (κ2) is 6.59. The average molecular weight is 142 g/mol. The van der Waals surface area contributed by atoms with Crippen molar-refractivity contribution in [1.82, 2.24) is 0 Å². The van der Waals surface area contributed by atoms with Crippen LogP contribution in [0.5, 0.6) is 0 Å². The second-order valence-electron chi connectivity index (χ2n) is 2.42. The van der Waals surface area contributed by atoms with Gasteiger partial charge in [-0.2, -0.15) is 0 Å². The molecule has 0 rings (SSSR count). The van der Waals surface area contributed by atoms with Crippen molar-refractivity contribution in [2.75, 3.05) is 6.54 Å². The molecule has 0 aromatic carbocycles. The van der Waals surface area contributed by atoms with Crippen molar-refractivity contribution in [2.45, 2.75) is 39.5 Å². The first-order valence-electron chi connectivity index (χ1n) is 4.10. The average Bonchev–Trinajstić information content (AvgIpc) is 1.89. The molecule has 0 spiro atoms. The highest BCUT2D eigenvalue weighted by Crippen LogP contribution is 1.97. The van der Waals surface area contributed by atoms with E-state index < -0.39 is 0 Å². The maximum atomic E-state index is 5.57. The van der Waals surface area contributed by atoms with Crippen molar-refractivity contribution in [3.8, 4) is 0 Å². The van der Waals surface area contributed by atoms with Gasteiger partial charge in [0.25, 0.3) is 0 Å². The third-order valence-corrected chi connectivity index (χ3v) is 1.40. The van der Waals surface area contributed by atoms with E-state index in [1.807, 2.05) is 6.92 Å². The first-order valence-corrected chi connectivity index (χ1v) is 4.10. The van der Waals surface area contributed by atoms with E-state index in [0.29, 0.717) is 0 Å². The van der Waals surface area contributed by atoms with Crippen LogP contribution in [0.2, 0.25) is 0 Å². The summed E-state index contributed by atoms with van der Waals surface area (Å²) in [6, 6.07) is 0. The van der Waals surface area contributed by atoms with E-state index in [1.54, 1.807) is 0 Å². The van der Waals surface area contributed by atoms with Crippen LogP contribution in [0, 0.1) is 0 Å². The highest BCUT2D eigenvalue weighted by atomic mass is 14.8. The van der Waals surface area contributed by atoms with Gasteiger partial charge in [-0.25, -0.2) is 0 Å². The van der Waals surface area contributed by atoms with Gasteiger partial charge in [-0.15, -0.1) is 0 Å². The summed E-state index contributed by atoms with van der Waals surface area (Å²) in [6.07, 6.45) is 4.67. The van der Waals surface area contributed by atoms with Crippen molar-refractivity contribution in [2.24, 2.45) is 10.7 Å². The number of unbranched alkanes of at least 4 members (excludes halogenated alkanes) is 2. The summed E-state index contributed by atoms with van der Waals surface area (Å²) in [5.41, 5.74) is 5.57. The quantitative estimate of drug-likeness (QED) is 0.355. The number of hydrogen-bond donors (Lipinski definition) is 1. The van der Waals surface area contributed by atoms with Crippen LogP contribution in [-0.4, -0.2) is 12.4 Å². The Morgan fingerprint density at radius 1 is 1.30 bits per heavy atom. The number of amidine groups is 1. The van der Waals surface area contributed by atoms with Gasteiger partial charge in [-0.3, -0.25) is 4.99 Å². The lowest BCUT2D eigenvalue weighted by Crippen LogP contribution is -2.11. The SMILES string of the molecule is CCCCC/C(N)=N\CC. The van der Waals surface area contributed by atoms with Gasteiger partial charge in [0, 0.05) is 13.0 Å². The first-order chi connectivity index (χ1) is 4.81. The summed E-state index contributed by atoms with van der Waals surface area (Å²) < 4.78 is 0. The van der Waals surface area contributed by atoms with Crippen LogP contribution in [-0.2, 0) is 0 Å². The van der Waals surface area contributed by atoms with Gasteiger partial charge >= 0.3 is 0 Å². The van der Waals surface area contributed by atoms with E-state index in [9.17, 15) is 0 Å². The van der Waals surface area contributed by atoms with E-state index in [2.05, 4.69) is 11.9 Å². The summed E-state index contributed by atoms with van der Waals surface area (Å²) in [4.78, 5) is 4.09. The monoisotopic (exact) mass is 142 g/mol. The van der Waals surface area contributed by atoms with Crippen LogP contribution in [0.3, 0.4) is 0 Å². The number of nitrogens with zero attached hydrogens (tertiary/aromatic N) is 1. The molecule has 0 saturated carbocycles. The van der Waals surface area contributed by atoms with Crippen molar-refractivity contribution in [3.63, 3.8) is 0 Å². The van der Waals surface area contributed by atoms with Gasteiger partial charge in [-0.1, -0.05) is 19.8 Å². The van der Waals surface area contributed by atoms with Crippen molar-refractivity contribution in [3.05, 3.63) is 0 Å². The standard InChI is InChI=1S/C8H18N2/c1-3-5-6-7-8(9)10-4-2/h3-7H2,1-2H3,(H2,9,10). The third-order valence-electron chi connectivity index (χ3n) is 1.40. The molecular weight excluding hydrogens is 124 g/mol. The maximum absolute atomic E-state index is 5.57. The lowest BCUT2D eigenvalue weighted by atomic mass is 10.2. The minimum absolute atomic E-state index is 0.816. The van der Waals surface area contributed by atoms with Gasteiger partial charge in [0.1, 0.15) is 0 Å². The molecule has 0 bridgehead atoms. The number of rotatable bonds is 5. The van der Waals surface area contributed by atoms with E-state index >= 15 is 0 Å². The van der Waals surface area contributed by atoms with E-state index in [1.165, 1.54) is 19.3 Å². The Morgan fingerprint density at radius 3 is 2.50 bits per heavy atom. The Morgan fingerprint density at radius 2 is 2.00 bits per heavy atom. The van der Waals surface area contributed by atoms with Crippen LogP contribution in [0.1, 0.15) is 39.5 Å². The molecule has 60 valence electrons. The summed E-state index contributed by atoms with van der Waals surface area (Å²) >= 11 is 0. The molecule has 0 saturated heterocycles. The van der Waals surface area contributed by atoms with Crippen LogP contribution in [0.4, 0.5) is 0 Å². The third kappa shape index (κ3) is 5.60. The molecule has 0 aliphatic carbocycles. The highest BCUT2D eigenvalue weighted by molar-refractivity contribution is 5.80. The predicted molar refractivity (Wildman–Crippen MR) is 46.3 cm³/mol. The number of nitrogens with two attached hydrogens (primary N) is 1. The molecule has 10 heavy (non-hydrogen) atoms. The fraction of sp³-hybridized carbons (Fsp3) is 0.875. The molecule has 0 radical (unpaired) electrons. The molecular formula is C8H18N2. The molecule has 0 fully saturated rings. The maximum Gasteiger partial charge on any atom is 0.0936 e. The predicted octanol–water partition coefficient (Wildman–Crippen LogP) is 1.94. The fourth-order valence-corrected chi connectivity index (χ4v) is 0.838. The molecule has 0 unspecified atom stereocenters. The molecule has 0 aliphatic heterocycles. The smallest absolute Gasteiger partial charge is 0.0936 e. The molecule has 2 nitrogen and oxygen atoms in total. The van der Waals surface area contributed by atoms with Crippen LogP contribution in [0.15, 0.2) is 4.99 Å². The van der Waals surface area contributed by atoms with E-state index in [4.69, 9.17) is 5.73 Å². The molecule has 2 heteroatoms. The Labute approximate surface area is 63.5 Å². The van der Waals surface area contributed by atoms with Crippen molar-refractivity contribution < 1.29 is 0 Å². The highest BCUT2D eigenvalue weighted by Gasteiger charge is 1.89. The van der Waals surface area contributed by atoms with Crippen LogP contribution in [0.25, 0.3) is 0 Å². The molecule has 0 aliphatic rings. The zero-order valence-corrected chi connectivity index (χ0v) is 7.06. The fourth-order valence-electron chi connectivity index (χ4n) is 0.838. The lowest BCUT2D eigenvalue weighted by Gasteiger charge is -1.97. The van der Waals surface area contributed by atoms with Gasteiger partial charge in [-0.05, 0) is 13.3 Å². The van der Waals surface area contributed by atoms with Crippen molar-refractivity contribution in [1.29, 1.82) is 0 Å². The summed E-state index contributed by atoms with van der Waals surface area (Å²) in [5, 5.41) is 0. The zero-order valence-electron chi connectivity index (χ0n) is 7.06. The van der Waals surface area contributed by atoms with E-state index in [-0.39, 0.29) is 0 Å². The Bertz CT molecular complexity index is 97.4. The summed E-state index contributed by atoms with van der Waals surface area (Å²) in [5.74, 6) is 0.816. The van der Waals surface area contributed by atoms with Crippen LogP contribution < -0.4 is 5.73 Å². The molecule has 0 heterocycles. The summed E-state index contributed by atoms with van der Waals surface area (Å²) in [6.45, 7) is 5.01. The molecule has 0 amide bonds. The topological polar surface area (TPSA) is 38.4 Å². The number of hydrogen-bond acceptors (Lipinski definition) is 1. The minimum atomic E-state index is 0.816. The Kier molecular flexibility index (Phi) is 6.24. The zero-order chi connectivity index (χ0) is 7.82. The molecule has 2 N–H and O–H groups in total. The first kappa shape index (κ1) is 9.47. The number of aliphatic imine (C=N–C) groups is 1. The molecule has 0 aromatic heterocycles. The summed E-state index contributed by atoms with van der Waals surface area (Å²) in [7, 11) is 0. The van der Waals surface area contributed by atoms with Gasteiger partial charge in [0.2, 0.25) is 0 Å². The molecule has 0 aromatic rings. The Balaban J connectivity index is 3.21. The minimum Gasteiger partial charge on any atom is -0.387 e. The van der Waals surface area contributed by atoms with Gasteiger partial charge in [0.05, 0.1) is 5.84 Å². The van der Waals surface area contributed by atoms with Crippen molar-refractivity contribution >= 4 is 5.84 Å². The second-order valence-corrected chi connectivity index (χ2v) is 2.42. The lowest BCUT2D eigenvalue weighted by molar-refractivity contribution is 0.738. The normalized spacial score (nSPS) is 12.0. The molecule has 0 atom stereocenters. The van der Waals surface area contributed by atoms with E-state index in [0.717, 1.165) is 18.8 Å².